The summed E-state index contributed by atoms with van der Waals surface area (Å²) in [6.45, 7) is 1.21. The van der Waals surface area contributed by atoms with Gasteiger partial charge in [0.25, 0.3) is 0 Å². The molecule has 5 nitrogen and oxygen atoms in total. The highest BCUT2D eigenvalue weighted by Gasteiger charge is 2.43. The minimum Gasteiger partial charge on any atom is -0.493 e. The molecule has 2 aromatic rings. The first-order valence-electron chi connectivity index (χ1n) is 9.87. The molecule has 1 fully saturated rings. The Balaban J connectivity index is 1.62. The zero-order valence-electron chi connectivity index (χ0n) is 16.5. The lowest BCUT2D eigenvalue weighted by molar-refractivity contribution is -0.131. The predicted molar refractivity (Wildman–Crippen MR) is 107 cm³/mol. The number of carbonyl (C=O) groups excluding carboxylic acids is 1. The van der Waals surface area contributed by atoms with E-state index in [0.29, 0.717) is 31.8 Å². The van der Waals surface area contributed by atoms with Crippen LogP contribution in [0, 0.1) is 0 Å². The molecule has 0 spiro atoms. The van der Waals surface area contributed by atoms with Crippen molar-refractivity contribution < 1.29 is 19.0 Å². The van der Waals surface area contributed by atoms with Crippen molar-refractivity contribution >= 4 is 5.91 Å². The van der Waals surface area contributed by atoms with Gasteiger partial charge in [-0.15, -0.1) is 0 Å². The lowest BCUT2D eigenvalue weighted by Gasteiger charge is -2.37. The third-order valence-electron chi connectivity index (χ3n) is 6.14. The molecule has 5 heteroatoms. The van der Waals surface area contributed by atoms with Crippen molar-refractivity contribution in [3.05, 3.63) is 59.2 Å². The predicted octanol–water partition coefficient (Wildman–Crippen LogP) is 3.56. The number of fused-ring (bicyclic) bond motifs is 1. The van der Waals surface area contributed by atoms with Crippen LogP contribution >= 0.6 is 0 Å². The van der Waals surface area contributed by atoms with Gasteiger partial charge in [0, 0.05) is 13.2 Å². The molecule has 0 bridgehead atoms. The van der Waals surface area contributed by atoms with Crippen molar-refractivity contribution in [3.8, 4) is 11.5 Å². The number of hydrogen-bond acceptors (Lipinski definition) is 4. The van der Waals surface area contributed by atoms with Gasteiger partial charge in [0.15, 0.2) is 11.5 Å². The zero-order valence-corrected chi connectivity index (χ0v) is 16.5. The van der Waals surface area contributed by atoms with Gasteiger partial charge in [-0.3, -0.25) is 4.79 Å². The second-order valence-electron chi connectivity index (χ2n) is 7.53. The van der Waals surface area contributed by atoms with Gasteiger partial charge < -0.3 is 19.5 Å². The van der Waals surface area contributed by atoms with Crippen LogP contribution in [0.3, 0.4) is 0 Å². The SMILES string of the molecule is COc1cc2c(cc1OC)[C@@H](NC(=O)C1(c3ccccc3)CCOCC1)CC2. The van der Waals surface area contributed by atoms with E-state index in [1.165, 1.54) is 5.56 Å². The molecule has 1 saturated heterocycles. The van der Waals surface area contributed by atoms with Gasteiger partial charge >= 0.3 is 0 Å². The fraction of sp³-hybridized carbons (Fsp3) is 0.435. The van der Waals surface area contributed by atoms with Crippen LogP contribution in [0.2, 0.25) is 0 Å². The number of ether oxygens (including phenoxy) is 3. The second-order valence-corrected chi connectivity index (χ2v) is 7.53. The molecule has 1 aliphatic carbocycles. The van der Waals surface area contributed by atoms with Gasteiger partial charge in [-0.2, -0.15) is 0 Å². The maximum Gasteiger partial charge on any atom is 0.231 e. The van der Waals surface area contributed by atoms with E-state index >= 15 is 0 Å². The molecule has 0 radical (unpaired) electrons. The molecule has 148 valence electrons. The summed E-state index contributed by atoms with van der Waals surface area (Å²) in [5.41, 5.74) is 2.88. The lowest BCUT2D eigenvalue weighted by atomic mass is 9.73. The van der Waals surface area contributed by atoms with Crippen LogP contribution in [0.5, 0.6) is 11.5 Å². The van der Waals surface area contributed by atoms with Crippen molar-refractivity contribution in [2.75, 3.05) is 27.4 Å². The summed E-state index contributed by atoms with van der Waals surface area (Å²) < 4.78 is 16.5. The topological polar surface area (TPSA) is 56.8 Å². The molecule has 1 aliphatic heterocycles. The van der Waals surface area contributed by atoms with Crippen LogP contribution in [0.4, 0.5) is 0 Å². The van der Waals surface area contributed by atoms with E-state index in [1.807, 2.05) is 30.3 Å². The Kier molecular flexibility index (Phi) is 5.27. The van der Waals surface area contributed by atoms with Crippen LogP contribution in [0.15, 0.2) is 42.5 Å². The molecule has 0 aromatic heterocycles. The van der Waals surface area contributed by atoms with Crippen LogP contribution in [0.1, 0.15) is 42.0 Å². The first-order chi connectivity index (χ1) is 13.7. The molecule has 28 heavy (non-hydrogen) atoms. The largest absolute Gasteiger partial charge is 0.493 e. The maximum absolute atomic E-state index is 13.5. The van der Waals surface area contributed by atoms with Crippen molar-refractivity contribution in [1.29, 1.82) is 0 Å². The fourth-order valence-corrected chi connectivity index (χ4v) is 4.50. The zero-order chi connectivity index (χ0) is 19.6. The smallest absolute Gasteiger partial charge is 0.231 e. The van der Waals surface area contributed by atoms with Crippen LogP contribution in [-0.2, 0) is 21.4 Å². The normalized spacial score (nSPS) is 20.3. The third-order valence-corrected chi connectivity index (χ3v) is 6.14. The van der Waals surface area contributed by atoms with Crippen molar-refractivity contribution in [1.82, 2.24) is 5.32 Å². The molecule has 1 N–H and O–H groups in total. The summed E-state index contributed by atoms with van der Waals surface area (Å²) in [6.07, 6.45) is 3.21. The molecular formula is C23H27NO4. The summed E-state index contributed by atoms with van der Waals surface area (Å²) >= 11 is 0. The van der Waals surface area contributed by atoms with E-state index in [2.05, 4.69) is 17.4 Å². The average molecular weight is 381 g/mol. The number of rotatable bonds is 5. The Bertz CT molecular complexity index is 843. The number of aryl methyl sites for hydroxylation is 1. The molecule has 1 heterocycles. The van der Waals surface area contributed by atoms with Crippen molar-refractivity contribution in [3.63, 3.8) is 0 Å². The van der Waals surface area contributed by atoms with Gasteiger partial charge in [0.2, 0.25) is 5.91 Å². The molecule has 1 amide bonds. The Hall–Kier alpha value is -2.53. The lowest BCUT2D eigenvalue weighted by Crippen LogP contribution is -2.48. The van der Waals surface area contributed by atoms with Crippen LogP contribution < -0.4 is 14.8 Å². The number of carbonyl (C=O) groups is 1. The van der Waals surface area contributed by atoms with Crippen LogP contribution in [-0.4, -0.2) is 33.3 Å². The summed E-state index contributed by atoms with van der Waals surface area (Å²) in [5, 5.41) is 3.34. The number of amides is 1. The molecule has 2 aromatic carbocycles. The standard InChI is InChI=1S/C23H27NO4/c1-26-20-14-16-8-9-19(18(16)15-21(20)27-2)24-22(25)23(10-12-28-13-11-23)17-6-4-3-5-7-17/h3-7,14-15,19H,8-13H2,1-2H3,(H,24,25)/t19-/m0/s1. The van der Waals surface area contributed by atoms with E-state index < -0.39 is 5.41 Å². The van der Waals surface area contributed by atoms with E-state index in [4.69, 9.17) is 14.2 Å². The van der Waals surface area contributed by atoms with Crippen molar-refractivity contribution in [2.45, 2.75) is 37.1 Å². The first-order valence-corrected chi connectivity index (χ1v) is 9.87. The average Bonchev–Trinajstić information content (AvgIpc) is 3.15. The Morgan fingerprint density at radius 1 is 1.07 bits per heavy atom. The second kappa shape index (κ2) is 7.84. The maximum atomic E-state index is 13.5. The minimum atomic E-state index is -0.529. The number of benzene rings is 2. The van der Waals surface area contributed by atoms with E-state index in [-0.39, 0.29) is 11.9 Å². The van der Waals surface area contributed by atoms with E-state index in [1.54, 1.807) is 14.2 Å². The van der Waals surface area contributed by atoms with Gasteiger partial charge in [0.1, 0.15) is 0 Å². The molecule has 0 saturated carbocycles. The highest BCUT2D eigenvalue weighted by molar-refractivity contribution is 5.89. The first kappa shape index (κ1) is 18.8. The summed E-state index contributed by atoms with van der Waals surface area (Å²) in [4.78, 5) is 13.5. The van der Waals surface area contributed by atoms with Crippen LogP contribution in [0.25, 0.3) is 0 Å². The number of methoxy groups -OCH3 is 2. The molecule has 0 unspecified atom stereocenters. The highest BCUT2D eigenvalue weighted by Crippen LogP contribution is 2.41. The van der Waals surface area contributed by atoms with Gasteiger partial charge in [-0.1, -0.05) is 30.3 Å². The monoisotopic (exact) mass is 381 g/mol. The summed E-state index contributed by atoms with van der Waals surface area (Å²) in [5.74, 6) is 1.53. The van der Waals surface area contributed by atoms with E-state index in [0.717, 1.165) is 29.7 Å². The number of hydrogen-bond donors (Lipinski definition) is 1. The van der Waals surface area contributed by atoms with Gasteiger partial charge in [-0.05, 0) is 54.5 Å². The fourth-order valence-electron chi connectivity index (χ4n) is 4.50. The molecular weight excluding hydrogens is 354 g/mol. The Labute approximate surface area is 166 Å². The molecule has 2 aliphatic rings. The number of nitrogens with one attached hydrogen (secondary N) is 1. The van der Waals surface area contributed by atoms with Gasteiger partial charge in [0.05, 0.1) is 25.7 Å². The van der Waals surface area contributed by atoms with Gasteiger partial charge in [-0.25, -0.2) is 0 Å². The summed E-state index contributed by atoms with van der Waals surface area (Å²) in [6, 6.07) is 14.1. The Morgan fingerprint density at radius 2 is 1.75 bits per heavy atom. The third kappa shape index (κ3) is 3.24. The minimum absolute atomic E-state index is 0.00858. The molecule has 1 atom stereocenters. The Morgan fingerprint density at radius 3 is 2.43 bits per heavy atom. The summed E-state index contributed by atoms with van der Waals surface area (Å²) in [7, 11) is 3.28. The molecule has 4 rings (SSSR count). The van der Waals surface area contributed by atoms with Crippen molar-refractivity contribution in [2.24, 2.45) is 0 Å². The highest BCUT2D eigenvalue weighted by atomic mass is 16.5. The quantitative estimate of drug-likeness (QED) is 0.861. The van der Waals surface area contributed by atoms with E-state index in [9.17, 15) is 4.79 Å².